The van der Waals surface area contributed by atoms with E-state index in [-0.39, 0.29) is 80.9 Å². The smallest absolute Gasteiger partial charge is 0.326 e. The van der Waals surface area contributed by atoms with E-state index in [9.17, 15) is 53.1 Å². The summed E-state index contributed by atoms with van der Waals surface area (Å²) in [6, 6.07) is -4.94. The lowest BCUT2D eigenvalue weighted by Crippen LogP contribution is -2.61. The Labute approximate surface area is 451 Å². The maximum Gasteiger partial charge on any atom is 0.326 e. The number of nitrogens with one attached hydrogen (secondary N) is 10. The van der Waals surface area contributed by atoms with E-state index < -0.39 is 126 Å². The number of carbonyl (C=O) groups is 10. The Bertz CT molecular complexity index is 2800. The van der Waals surface area contributed by atoms with Crippen molar-refractivity contribution in [3.05, 3.63) is 47.5 Å². The molecule has 26 nitrogen and oxygen atoms in total. The van der Waals surface area contributed by atoms with Gasteiger partial charge in [-0.1, -0.05) is 67.5 Å². The van der Waals surface area contributed by atoms with Gasteiger partial charge in [0.15, 0.2) is 5.96 Å². The Hall–Kier alpha value is -8.06. The number of aromatic amines is 1. The van der Waals surface area contributed by atoms with Crippen LogP contribution in [0.3, 0.4) is 0 Å². The van der Waals surface area contributed by atoms with Gasteiger partial charge in [-0.25, -0.2) is 9.78 Å². The summed E-state index contributed by atoms with van der Waals surface area (Å²) in [5.74, 6) is -10.00. The topological polar surface area (TPSA) is 397 Å². The largest absolute Gasteiger partial charge is 0.480 e. The molecule has 0 saturated carbocycles. The van der Waals surface area contributed by atoms with Crippen LogP contribution in [0.4, 0.5) is 0 Å². The van der Waals surface area contributed by atoms with E-state index in [0.29, 0.717) is 27.8 Å². The summed E-state index contributed by atoms with van der Waals surface area (Å²) in [6.07, 6.45) is 3.03. The summed E-state index contributed by atoms with van der Waals surface area (Å²) < 4.78 is 1.58. The molecule has 15 N–H and O–H groups in total. The number of hydrogen-bond acceptors (Lipinski definition) is 12. The van der Waals surface area contributed by atoms with Gasteiger partial charge < -0.3 is 69.4 Å². The van der Waals surface area contributed by atoms with Crippen LogP contribution in [0.5, 0.6) is 0 Å². The fourth-order valence-corrected chi connectivity index (χ4v) is 10.0. The van der Waals surface area contributed by atoms with E-state index in [0.717, 1.165) is 0 Å². The van der Waals surface area contributed by atoms with Gasteiger partial charge in [0.05, 0.1) is 12.2 Å². The van der Waals surface area contributed by atoms with Gasteiger partial charge in [0.1, 0.15) is 60.5 Å². The quantitative estimate of drug-likeness (QED) is 0.0378. The molecule has 0 aliphatic carbocycles. The van der Waals surface area contributed by atoms with Gasteiger partial charge in [-0.3, -0.25) is 52.7 Å². The first-order chi connectivity index (χ1) is 36.8. The molecule has 0 spiro atoms. The number of carbonyl (C=O) groups excluding carboxylic acids is 9. The van der Waals surface area contributed by atoms with E-state index in [1.54, 1.807) is 56.7 Å². The highest BCUT2D eigenvalue weighted by atomic mass is 16.4. The number of amides is 9. The minimum Gasteiger partial charge on any atom is -0.480 e. The summed E-state index contributed by atoms with van der Waals surface area (Å²) in [4.78, 5) is 151. The molecule has 4 aliphatic rings. The molecule has 3 aromatic rings. The third-order valence-corrected chi connectivity index (χ3v) is 14.1. The predicted octanol–water partition coefficient (Wildman–Crippen LogP) is -1.51. The summed E-state index contributed by atoms with van der Waals surface area (Å²) in [5.41, 5.74) is 12.9. The lowest BCUT2D eigenvalue weighted by atomic mass is 9.81. The molecule has 26 heteroatoms. The first-order valence-corrected chi connectivity index (χ1v) is 26.5. The van der Waals surface area contributed by atoms with Crippen LogP contribution in [0.2, 0.25) is 0 Å². The minimum absolute atomic E-state index is 0.0537. The number of nitrogens with two attached hydrogens (primary N) is 2. The van der Waals surface area contributed by atoms with E-state index in [1.165, 1.54) is 6.33 Å². The van der Waals surface area contributed by atoms with Crippen molar-refractivity contribution in [2.24, 2.45) is 40.1 Å². The molecular formula is C52H75N15O11. The molecular weight excluding hydrogens is 1010 g/mol. The van der Waals surface area contributed by atoms with Crippen molar-refractivity contribution in [3.8, 4) is 5.82 Å². The average molecular weight is 1090 g/mol. The second kappa shape index (κ2) is 25.9. The van der Waals surface area contributed by atoms with Crippen LogP contribution in [0.15, 0.2) is 35.7 Å². The average Bonchev–Trinajstić information content (AvgIpc) is 4.14. The first kappa shape index (κ1) is 59.2. The van der Waals surface area contributed by atoms with Crippen LogP contribution in [0, 0.1) is 23.7 Å². The van der Waals surface area contributed by atoms with Crippen molar-refractivity contribution in [2.45, 2.75) is 155 Å². The van der Waals surface area contributed by atoms with Crippen molar-refractivity contribution in [1.82, 2.24) is 62.4 Å². The van der Waals surface area contributed by atoms with Gasteiger partial charge in [0, 0.05) is 54.4 Å². The molecule has 4 aliphatic heterocycles. The first-order valence-electron chi connectivity index (χ1n) is 26.5. The van der Waals surface area contributed by atoms with Crippen LogP contribution < -0.4 is 59.3 Å². The molecule has 1 saturated heterocycles. The molecule has 1 fully saturated rings. The Balaban J connectivity index is 1.58. The summed E-state index contributed by atoms with van der Waals surface area (Å²) >= 11 is 0. The number of rotatable bonds is 14. The third-order valence-electron chi connectivity index (χ3n) is 14.1. The number of carboxylic acids is 1. The highest BCUT2D eigenvalue weighted by molar-refractivity contribution is 5.99. The summed E-state index contributed by atoms with van der Waals surface area (Å²) in [7, 11) is 0. The molecule has 6 heterocycles. The third kappa shape index (κ3) is 14.9. The number of aliphatic imine (C=N–C) groups is 1. The number of hydrogen-bond donors (Lipinski definition) is 13. The maximum absolute atomic E-state index is 15.0. The summed E-state index contributed by atoms with van der Waals surface area (Å²) in [6.45, 7) is 13.4. The SMILES string of the molecule is CC(C)CC1NC(=O)C(NC(=O)C2CCC(=O)N2)C(C(C)C)c2ccc3c4c([nH]c3c2)-n2cnc(c2)CC(C(=O)NC(C(=O)O)C(C)C)NC(=O)CNC(=O)C(CCCN=C(N)N)NC(=O)C(C4)NC(=O)C(C(C)C)NC1=O. The van der Waals surface area contributed by atoms with Crippen molar-refractivity contribution >= 4 is 76.0 Å². The van der Waals surface area contributed by atoms with Gasteiger partial charge in [-0.15, -0.1) is 0 Å². The molecule has 9 amide bonds. The Morgan fingerprint density at radius 2 is 1.50 bits per heavy atom. The zero-order valence-electron chi connectivity index (χ0n) is 45.3. The van der Waals surface area contributed by atoms with Gasteiger partial charge in [0.2, 0.25) is 53.2 Å². The number of aromatic nitrogens is 3. The van der Waals surface area contributed by atoms with E-state index >= 15 is 0 Å². The molecule has 424 valence electrons. The number of H-pyrrole nitrogens is 1. The van der Waals surface area contributed by atoms with Crippen LogP contribution >= 0.6 is 0 Å². The van der Waals surface area contributed by atoms with Crippen LogP contribution in [-0.4, -0.2) is 146 Å². The fourth-order valence-electron chi connectivity index (χ4n) is 10.0. The normalized spacial score (nSPS) is 24.2. The molecule has 9 unspecified atom stereocenters. The van der Waals surface area contributed by atoms with Gasteiger partial charge in [-0.2, -0.15) is 0 Å². The van der Waals surface area contributed by atoms with E-state index in [2.05, 4.69) is 62.8 Å². The predicted molar refractivity (Wildman–Crippen MR) is 285 cm³/mol. The molecule has 0 radical (unpaired) electrons. The number of imidazole rings is 1. The van der Waals surface area contributed by atoms with Crippen LogP contribution in [-0.2, 0) is 60.8 Å². The minimum atomic E-state index is -1.47. The van der Waals surface area contributed by atoms with E-state index in [1.807, 2.05) is 27.7 Å². The van der Waals surface area contributed by atoms with Crippen molar-refractivity contribution < 1.29 is 53.1 Å². The van der Waals surface area contributed by atoms with Crippen molar-refractivity contribution in [2.75, 3.05) is 13.1 Å². The standard InChI is InChI=1S/C52H75N15O11/c1-23(2)16-34-47(73)64-40(25(5)6)49(75)63-36-19-30-29-12-11-27(39(24(3)4)42(50(76)62-34)66-45(71)32-13-14-37(68)58-32)17-33(29)60-43(30)67-21-28(57-22-67)18-35(48(74)65-41(26(7)8)51(77)78)59-38(69)20-56-44(70)31(61-46(36)72)10-9-15-55-52(53)54/h11-12,17,21-26,31-32,34-36,39-42,60H,9-10,13-16,18-20H2,1-8H3,(H,56,70)(H,58,68)(H,59,69)(H,61,72)(H,62,76)(H,63,75)(H,64,73)(H,65,74)(H,66,71)(H,77,78)(H4,53,54,55). The lowest BCUT2D eigenvalue weighted by Gasteiger charge is -2.33. The Morgan fingerprint density at radius 3 is 2.13 bits per heavy atom. The molecule has 9 atom stereocenters. The number of fused-ring (bicyclic) bond motifs is 13. The Morgan fingerprint density at radius 1 is 0.795 bits per heavy atom. The molecule has 7 bridgehead atoms. The summed E-state index contributed by atoms with van der Waals surface area (Å²) in [5, 5.41) is 35.0. The van der Waals surface area contributed by atoms with Gasteiger partial charge in [-0.05, 0) is 61.0 Å². The zero-order chi connectivity index (χ0) is 57.3. The maximum atomic E-state index is 15.0. The number of aliphatic carboxylic acids is 1. The fraction of sp³-hybridized carbons (Fsp3) is 0.577. The lowest BCUT2D eigenvalue weighted by molar-refractivity contribution is -0.143. The number of carboxylic acid groups (broad SMARTS) is 1. The molecule has 7 rings (SSSR count). The number of benzene rings is 1. The molecule has 2 aromatic heterocycles. The zero-order valence-corrected chi connectivity index (χ0v) is 45.3. The van der Waals surface area contributed by atoms with Gasteiger partial charge >= 0.3 is 5.97 Å². The Kier molecular flexibility index (Phi) is 19.6. The number of guanidine groups is 1. The number of nitrogens with zero attached hydrogens (tertiary/aromatic N) is 3. The second-order valence-corrected chi connectivity index (χ2v) is 21.8. The van der Waals surface area contributed by atoms with Crippen molar-refractivity contribution in [3.63, 3.8) is 0 Å². The molecule has 78 heavy (non-hydrogen) atoms. The molecule has 1 aromatic carbocycles. The van der Waals surface area contributed by atoms with Gasteiger partial charge in [0.25, 0.3) is 0 Å². The van der Waals surface area contributed by atoms with Crippen molar-refractivity contribution in [1.29, 1.82) is 0 Å². The highest BCUT2D eigenvalue weighted by Gasteiger charge is 2.41. The van der Waals surface area contributed by atoms with Crippen LogP contribution in [0.1, 0.15) is 110 Å². The van der Waals surface area contributed by atoms with Crippen LogP contribution in [0.25, 0.3) is 16.7 Å². The van der Waals surface area contributed by atoms with E-state index in [4.69, 9.17) is 11.5 Å². The second-order valence-electron chi connectivity index (χ2n) is 21.8. The monoisotopic (exact) mass is 1090 g/mol. The highest BCUT2D eigenvalue weighted by Crippen LogP contribution is 2.35.